The van der Waals surface area contributed by atoms with Crippen LogP contribution in [0.2, 0.25) is 0 Å². The molecule has 3 aromatic rings. The van der Waals surface area contributed by atoms with E-state index in [1.807, 2.05) is 56.3 Å². The van der Waals surface area contributed by atoms with E-state index >= 15 is 0 Å². The minimum atomic E-state index is -0.444. The number of carbonyl (C=O) groups excluding carboxylic acids is 1. The molecule has 1 unspecified atom stereocenters. The number of hydrogen-bond acceptors (Lipinski definition) is 5. The van der Waals surface area contributed by atoms with Gasteiger partial charge in [0, 0.05) is 17.4 Å². The molecule has 0 aliphatic heterocycles. The number of aliphatic hydroxyl groups is 1. The zero-order chi connectivity index (χ0) is 27.7. The van der Waals surface area contributed by atoms with Crippen LogP contribution in [0, 0.1) is 0 Å². The van der Waals surface area contributed by atoms with Gasteiger partial charge in [-0.05, 0) is 68.2 Å². The maximum Gasteiger partial charge on any atom is 0.306 e. The van der Waals surface area contributed by atoms with Crippen LogP contribution in [0.4, 0.5) is 0 Å². The summed E-state index contributed by atoms with van der Waals surface area (Å²) in [6, 6.07) is 26.8. The number of rotatable bonds is 14. The van der Waals surface area contributed by atoms with Gasteiger partial charge < -0.3 is 14.7 Å². The highest BCUT2D eigenvalue weighted by Gasteiger charge is 2.46. The quantitative estimate of drug-likeness (QED) is 0.103. The van der Waals surface area contributed by atoms with Gasteiger partial charge in [-0.3, -0.25) is 4.79 Å². The molecular formula is C34H39NO4. The van der Waals surface area contributed by atoms with Crippen LogP contribution < -0.4 is 0 Å². The van der Waals surface area contributed by atoms with Gasteiger partial charge in [-0.15, -0.1) is 0 Å². The fraction of sp³-hybridized carbons (Fsp3) is 0.353. The van der Waals surface area contributed by atoms with Crippen LogP contribution in [-0.4, -0.2) is 29.5 Å². The zero-order valence-electron chi connectivity index (χ0n) is 23.1. The topological polar surface area (TPSA) is 68.1 Å². The number of aliphatic hydroxyl groups excluding tert-OH is 1. The molecular weight excluding hydrogens is 486 g/mol. The second-order valence-electron chi connectivity index (χ2n) is 10.5. The summed E-state index contributed by atoms with van der Waals surface area (Å²) in [5.41, 5.74) is 6.21. The van der Waals surface area contributed by atoms with Crippen molar-refractivity contribution in [2.24, 2.45) is 5.16 Å². The molecule has 39 heavy (non-hydrogen) atoms. The Balaban J connectivity index is 1.25. The molecule has 5 heteroatoms. The van der Waals surface area contributed by atoms with Crippen molar-refractivity contribution < 1.29 is 19.5 Å². The summed E-state index contributed by atoms with van der Waals surface area (Å²) in [4.78, 5) is 17.6. The lowest BCUT2D eigenvalue weighted by Crippen LogP contribution is -2.15. The Morgan fingerprint density at radius 3 is 2.26 bits per heavy atom. The molecule has 1 N–H and O–H groups in total. The molecule has 1 atom stereocenters. The molecule has 0 spiro atoms. The molecule has 5 nitrogen and oxygen atoms in total. The number of oxime groups is 1. The van der Waals surface area contributed by atoms with Crippen LogP contribution in [-0.2, 0) is 26.2 Å². The maximum atomic E-state index is 12.0. The van der Waals surface area contributed by atoms with Gasteiger partial charge in [0.05, 0.1) is 24.8 Å². The van der Waals surface area contributed by atoms with Crippen molar-refractivity contribution in [3.8, 4) is 11.1 Å². The van der Waals surface area contributed by atoms with Gasteiger partial charge >= 0.3 is 5.97 Å². The van der Waals surface area contributed by atoms with E-state index < -0.39 is 6.10 Å². The highest BCUT2D eigenvalue weighted by molar-refractivity contribution is 5.82. The smallest absolute Gasteiger partial charge is 0.306 e. The molecule has 204 valence electrons. The molecule has 0 bridgehead atoms. The first-order chi connectivity index (χ1) is 18.9. The number of hydrogen-bond donors (Lipinski definition) is 1. The molecule has 0 aromatic heterocycles. The van der Waals surface area contributed by atoms with Crippen molar-refractivity contribution in [1.29, 1.82) is 0 Å². The lowest BCUT2D eigenvalue weighted by atomic mass is 9.91. The largest absolute Gasteiger partial charge is 0.466 e. The SMILES string of the molecule is C=C(O/N=C(/C)CC(O)CCCc1ccccc1)c1ccc(-c2ccc(C3(CC(=O)OCC)CC3)cc2)cc1. The van der Waals surface area contributed by atoms with Gasteiger partial charge in [-0.25, -0.2) is 0 Å². The molecule has 1 aliphatic rings. The van der Waals surface area contributed by atoms with E-state index in [0.717, 1.165) is 54.5 Å². The van der Waals surface area contributed by atoms with Gasteiger partial charge in [-0.1, -0.05) is 90.6 Å². The number of benzene rings is 3. The summed E-state index contributed by atoms with van der Waals surface area (Å²) < 4.78 is 5.16. The Bertz CT molecular complexity index is 1260. The molecule has 1 saturated carbocycles. The maximum absolute atomic E-state index is 12.0. The standard InChI is InChI=1S/C34H39NO4/c1-4-38-33(37)24-34(21-22-34)31-19-17-30(18-20-31)29-15-13-28(14-16-29)26(3)39-35-25(2)23-32(36)12-8-11-27-9-6-5-7-10-27/h5-7,9-10,13-20,32,36H,3-4,8,11-12,21-24H2,1-2H3/b35-25-. The third-order valence-electron chi connectivity index (χ3n) is 7.37. The van der Waals surface area contributed by atoms with E-state index in [0.29, 0.717) is 25.2 Å². The van der Waals surface area contributed by atoms with E-state index in [1.165, 1.54) is 11.1 Å². The van der Waals surface area contributed by atoms with Crippen molar-refractivity contribution in [3.63, 3.8) is 0 Å². The third-order valence-corrected chi connectivity index (χ3v) is 7.37. The summed E-state index contributed by atoms with van der Waals surface area (Å²) in [5, 5.41) is 14.5. The predicted molar refractivity (Wildman–Crippen MR) is 157 cm³/mol. The van der Waals surface area contributed by atoms with E-state index in [1.54, 1.807) is 0 Å². The molecule has 0 saturated heterocycles. The van der Waals surface area contributed by atoms with E-state index in [-0.39, 0.29) is 11.4 Å². The van der Waals surface area contributed by atoms with Crippen LogP contribution in [0.15, 0.2) is 90.6 Å². The van der Waals surface area contributed by atoms with Gasteiger partial charge in [0.25, 0.3) is 0 Å². The lowest BCUT2D eigenvalue weighted by molar-refractivity contribution is -0.143. The average molecular weight is 526 g/mol. The second kappa shape index (κ2) is 13.4. The Hall–Kier alpha value is -3.70. The first-order valence-electron chi connectivity index (χ1n) is 13.9. The highest BCUT2D eigenvalue weighted by Crippen LogP contribution is 2.51. The van der Waals surface area contributed by atoms with E-state index in [2.05, 4.69) is 48.1 Å². The van der Waals surface area contributed by atoms with Crippen LogP contribution in [0.3, 0.4) is 0 Å². The first kappa shape index (κ1) is 28.3. The minimum Gasteiger partial charge on any atom is -0.466 e. The fourth-order valence-electron chi connectivity index (χ4n) is 4.92. The Labute approximate surface area is 232 Å². The van der Waals surface area contributed by atoms with Crippen molar-refractivity contribution in [2.75, 3.05) is 6.61 Å². The van der Waals surface area contributed by atoms with Crippen LogP contribution in [0.25, 0.3) is 16.9 Å². The number of aryl methyl sites for hydroxylation is 1. The van der Waals surface area contributed by atoms with Crippen LogP contribution >= 0.6 is 0 Å². The van der Waals surface area contributed by atoms with Crippen LogP contribution in [0.1, 0.15) is 69.1 Å². The van der Waals surface area contributed by atoms with Crippen LogP contribution in [0.5, 0.6) is 0 Å². The van der Waals surface area contributed by atoms with Gasteiger partial charge in [0.15, 0.2) is 5.76 Å². The molecule has 4 rings (SSSR count). The van der Waals surface area contributed by atoms with Crippen molar-refractivity contribution in [2.45, 2.75) is 70.3 Å². The number of ether oxygens (including phenoxy) is 1. The third kappa shape index (κ3) is 8.14. The van der Waals surface area contributed by atoms with Crippen molar-refractivity contribution >= 4 is 17.4 Å². The Morgan fingerprint density at radius 1 is 1.00 bits per heavy atom. The predicted octanol–water partition coefficient (Wildman–Crippen LogP) is 7.48. The van der Waals surface area contributed by atoms with Gasteiger partial charge in [-0.2, -0.15) is 0 Å². The number of carbonyl (C=O) groups is 1. The first-order valence-corrected chi connectivity index (χ1v) is 13.9. The summed E-state index contributed by atoms with van der Waals surface area (Å²) in [6.45, 7) is 8.14. The lowest BCUT2D eigenvalue weighted by Gasteiger charge is -2.15. The average Bonchev–Trinajstić information content (AvgIpc) is 3.73. The Kier molecular flexibility index (Phi) is 9.72. The normalized spacial score (nSPS) is 14.9. The second-order valence-corrected chi connectivity index (χ2v) is 10.5. The summed E-state index contributed by atoms with van der Waals surface area (Å²) in [5.74, 6) is 0.344. The van der Waals surface area contributed by atoms with Gasteiger partial charge in [0.1, 0.15) is 0 Å². The molecule has 0 heterocycles. The molecule has 0 amide bonds. The van der Waals surface area contributed by atoms with E-state index in [4.69, 9.17) is 9.57 Å². The minimum absolute atomic E-state index is 0.0550. The molecule has 1 aliphatic carbocycles. The van der Waals surface area contributed by atoms with Crippen molar-refractivity contribution in [1.82, 2.24) is 0 Å². The highest BCUT2D eigenvalue weighted by atomic mass is 16.6. The van der Waals surface area contributed by atoms with Gasteiger partial charge in [0.2, 0.25) is 0 Å². The van der Waals surface area contributed by atoms with Crippen molar-refractivity contribution in [3.05, 3.63) is 102 Å². The Morgan fingerprint density at radius 2 is 1.64 bits per heavy atom. The molecule has 1 fully saturated rings. The molecule has 0 radical (unpaired) electrons. The number of esters is 1. The zero-order valence-corrected chi connectivity index (χ0v) is 23.1. The summed E-state index contributed by atoms with van der Waals surface area (Å²) >= 11 is 0. The summed E-state index contributed by atoms with van der Waals surface area (Å²) in [7, 11) is 0. The summed E-state index contributed by atoms with van der Waals surface area (Å²) in [6.07, 6.45) is 5.13. The fourth-order valence-corrected chi connectivity index (χ4v) is 4.92. The molecule has 3 aromatic carbocycles. The monoisotopic (exact) mass is 525 g/mol. The number of nitrogens with zero attached hydrogens (tertiary/aromatic N) is 1. The van der Waals surface area contributed by atoms with E-state index in [9.17, 15) is 9.90 Å².